The maximum absolute atomic E-state index is 13.8. The zero-order chi connectivity index (χ0) is 15.9. The van der Waals surface area contributed by atoms with Gasteiger partial charge in [0.2, 0.25) is 10.0 Å². The molecule has 0 bridgehead atoms. The summed E-state index contributed by atoms with van der Waals surface area (Å²) in [5.74, 6) is -0.180. The van der Waals surface area contributed by atoms with Gasteiger partial charge in [-0.15, -0.1) is 0 Å². The number of halogens is 1. The maximum Gasteiger partial charge on any atom is 0.247 e. The molecule has 0 aliphatic carbocycles. The van der Waals surface area contributed by atoms with Crippen molar-refractivity contribution in [2.45, 2.75) is 18.0 Å². The van der Waals surface area contributed by atoms with Crippen LogP contribution in [-0.2, 0) is 23.1 Å². The summed E-state index contributed by atoms with van der Waals surface area (Å²) >= 11 is 0. The van der Waals surface area contributed by atoms with Crippen molar-refractivity contribution in [2.75, 3.05) is 12.8 Å². The van der Waals surface area contributed by atoms with Crippen LogP contribution in [0.25, 0.3) is 0 Å². The Morgan fingerprint density at radius 2 is 2.00 bits per heavy atom. The zero-order valence-electron chi connectivity index (χ0n) is 11.9. The Morgan fingerprint density at radius 3 is 2.68 bits per heavy atom. The first-order valence-electron chi connectivity index (χ1n) is 6.63. The highest BCUT2D eigenvalue weighted by Gasteiger charge is 2.34. The summed E-state index contributed by atoms with van der Waals surface area (Å²) in [7, 11) is -2.43. The van der Waals surface area contributed by atoms with E-state index in [-0.39, 0.29) is 23.7 Å². The van der Waals surface area contributed by atoms with E-state index in [1.54, 1.807) is 18.2 Å². The summed E-state index contributed by atoms with van der Waals surface area (Å²) in [4.78, 5) is -0.0109. The van der Waals surface area contributed by atoms with E-state index >= 15 is 0 Å². The molecule has 2 N–H and O–H groups in total. The van der Waals surface area contributed by atoms with Gasteiger partial charge in [0, 0.05) is 24.3 Å². The van der Waals surface area contributed by atoms with E-state index in [0.717, 1.165) is 0 Å². The second kappa shape index (κ2) is 5.26. The first-order chi connectivity index (χ1) is 10.4. The smallest absolute Gasteiger partial charge is 0.247 e. The van der Waals surface area contributed by atoms with E-state index in [2.05, 4.69) is 0 Å². The fourth-order valence-corrected chi connectivity index (χ4v) is 4.13. The molecule has 0 aromatic heterocycles. The van der Waals surface area contributed by atoms with Crippen LogP contribution in [0.15, 0.2) is 41.3 Å². The van der Waals surface area contributed by atoms with E-state index in [1.165, 1.54) is 29.6 Å². The molecule has 22 heavy (non-hydrogen) atoms. The van der Waals surface area contributed by atoms with Gasteiger partial charge in [0.05, 0.1) is 7.11 Å². The third-order valence-corrected chi connectivity index (χ3v) is 5.52. The van der Waals surface area contributed by atoms with Crippen LogP contribution in [0.2, 0.25) is 0 Å². The van der Waals surface area contributed by atoms with Crippen molar-refractivity contribution in [3.63, 3.8) is 0 Å². The molecule has 7 heteroatoms. The molecule has 0 radical (unpaired) electrons. The number of anilines is 1. The quantitative estimate of drug-likeness (QED) is 0.879. The summed E-state index contributed by atoms with van der Waals surface area (Å²) in [5, 5.41) is 0. The number of sulfonamides is 1. The van der Waals surface area contributed by atoms with E-state index in [9.17, 15) is 12.8 Å². The molecule has 0 saturated heterocycles. The van der Waals surface area contributed by atoms with Crippen molar-refractivity contribution >= 4 is 15.7 Å². The van der Waals surface area contributed by atoms with Gasteiger partial charge in [-0.1, -0.05) is 12.1 Å². The SMILES string of the molecule is COc1ccc(N)cc1S(=O)(=O)N1Cc2cccc(F)c2C1. The van der Waals surface area contributed by atoms with E-state index in [1.807, 2.05) is 0 Å². The van der Waals surface area contributed by atoms with Crippen LogP contribution in [0.3, 0.4) is 0 Å². The molecule has 0 spiro atoms. The van der Waals surface area contributed by atoms with Crippen molar-refractivity contribution in [1.82, 2.24) is 4.31 Å². The number of nitrogens with zero attached hydrogens (tertiary/aromatic N) is 1. The lowest BCUT2D eigenvalue weighted by atomic mass is 10.1. The Morgan fingerprint density at radius 1 is 1.23 bits per heavy atom. The first-order valence-corrected chi connectivity index (χ1v) is 8.07. The highest BCUT2D eigenvalue weighted by Crippen LogP contribution is 2.34. The van der Waals surface area contributed by atoms with Gasteiger partial charge in [0.25, 0.3) is 0 Å². The van der Waals surface area contributed by atoms with Gasteiger partial charge >= 0.3 is 0 Å². The van der Waals surface area contributed by atoms with Crippen LogP contribution in [0.5, 0.6) is 5.75 Å². The molecule has 2 aromatic rings. The second-order valence-electron chi connectivity index (χ2n) is 5.06. The van der Waals surface area contributed by atoms with Crippen LogP contribution in [0.1, 0.15) is 11.1 Å². The Bertz CT molecular complexity index is 837. The molecule has 0 amide bonds. The first kappa shape index (κ1) is 14.8. The molecular weight excluding hydrogens is 307 g/mol. The summed E-state index contributed by atoms with van der Waals surface area (Å²) in [6.07, 6.45) is 0. The molecule has 1 aliphatic rings. The normalized spacial score (nSPS) is 14.8. The van der Waals surface area contributed by atoms with Crippen LogP contribution in [0.4, 0.5) is 10.1 Å². The van der Waals surface area contributed by atoms with E-state index < -0.39 is 15.8 Å². The van der Waals surface area contributed by atoms with Crippen LogP contribution in [-0.4, -0.2) is 19.8 Å². The van der Waals surface area contributed by atoms with Gasteiger partial charge in [-0.25, -0.2) is 12.8 Å². The van der Waals surface area contributed by atoms with Crippen molar-refractivity contribution in [3.8, 4) is 5.75 Å². The van der Waals surface area contributed by atoms with Crippen LogP contribution in [0, 0.1) is 5.82 Å². The van der Waals surface area contributed by atoms with Gasteiger partial charge in [-0.05, 0) is 29.8 Å². The Balaban J connectivity index is 2.03. The standard InChI is InChI=1S/C15H15FN2O3S/c1-21-14-6-5-11(17)7-15(14)22(19,20)18-8-10-3-2-4-13(16)12(10)9-18/h2-7H,8-9,17H2,1H3. The highest BCUT2D eigenvalue weighted by molar-refractivity contribution is 7.89. The minimum absolute atomic E-state index is 0.00228. The number of fused-ring (bicyclic) bond motifs is 1. The number of nitrogen functional groups attached to an aromatic ring is 1. The zero-order valence-corrected chi connectivity index (χ0v) is 12.7. The van der Waals surface area contributed by atoms with Crippen molar-refractivity contribution < 1.29 is 17.5 Å². The van der Waals surface area contributed by atoms with Gasteiger partial charge in [0.15, 0.2) is 0 Å². The molecule has 0 fully saturated rings. The molecule has 3 rings (SSSR count). The predicted molar refractivity (Wildman–Crippen MR) is 80.2 cm³/mol. The summed E-state index contributed by atoms with van der Waals surface area (Å²) in [6, 6.07) is 9.06. The molecule has 5 nitrogen and oxygen atoms in total. The van der Waals surface area contributed by atoms with Crippen LogP contribution >= 0.6 is 0 Å². The molecular formula is C15H15FN2O3S. The number of rotatable bonds is 3. The number of methoxy groups -OCH3 is 1. The summed E-state index contributed by atoms with van der Waals surface area (Å²) < 4.78 is 45.8. The third-order valence-electron chi connectivity index (χ3n) is 3.70. The van der Waals surface area contributed by atoms with E-state index in [0.29, 0.717) is 16.8 Å². The van der Waals surface area contributed by atoms with Crippen molar-refractivity contribution in [3.05, 3.63) is 53.3 Å². The van der Waals surface area contributed by atoms with Gasteiger partial charge in [-0.2, -0.15) is 4.31 Å². The summed E-state index contributed by atoms with van der Waals surface area (Å²) in [6.45, 7) is 0.135. The molecule has 1 aliphatic heterocycles. The average Bonchev–Trinajstić information content (AvgIpc) is 2.93. The van der Waals surface area contributed by atoms with Gasteiger partial charge in [-0.3, -0.25) is 0 Å². The Kier molecular flexibility index (Phi) is 3.54. The molecule has 0 saturated carbocycles. The lowest BCUT2D eigenvalue weighted by molar-refractivity contribution is 0.392. The number of hydrogen-bond acceptors (Lipinski definition) is 4. The monoisotopic (exact) mass is 322 g/mol. The number of benzene rings is 2. The topological polar surface area (TPSA) is 72.6 Å². The molecule has 116 valence electrons. The largest absolute Gasteiger partial charge is 0.495 e. The van der Waals surface area contributed by atoms with Crippen molar-refractivity contribution in [1.29, 1.82) is 0 Å². The highest BCUT2D eigenvalue weighted by atomic mass is 32.2. The Hall–Kier alpha value is -2.12. The maximum atomic E-state index is 13.8. The predicted octanol–water partition coefficient (Wildman–Crippen LogP) is 2.12. The Labute approximate surface area is 128 Å². The fourth-order valence-electron chi connectivity index (χ4n) is 2.55. The van der Waals surface area contributed by atoms with Crippen LogP contribution < -0.4 is 10.5 Å². The molecule has 0 unspecified atom stereocenters. The fraction of sp³-hybridized carbons (Fsp3) is 0.200. The lowest BCUT2D eigenvalue weighted by Crippen LogP contribution is -2.26. The van der Waals surface area contributed by atoms with Gasteiger partial charge in [0.1, 0.15) is 16.5 Å². The minimum atomic E-state index is -3.83. The number of ether oxygens (including phenoxy) is 1. The van der Waals surface area contributed by atoms with Gasteiger partial charge < -0.3 is 10.5 Å². The molecule has 1 heterocycles. The number of nitrogens with two attached hydrogens (primary N) is 1. The number of hydrogen-bond donors (Lipinski definition) is 1. The lowest BCUT2D eigenvalue weighted by Gasteiger charge is -2.18. The molecule has 2 aromatic carbocycles. The molecule has 0 atom stereocenters. The van der Waals surface area contributed by atoms with E-state index in [4.69, 9.17) is 10.5 Å². The second-order valence-corrected chi connectivity index (χ2v) is 6.97. The summed E-state index contributed by atoms with van der Waals surface area (Å²) in [5.41, 5.74) is 7.09. The average molecular weight is 322 g/mol. The third kappa shape index (κ3) is 2.32. The van der Waals surface area contributed by atoms with Crippen molar-refractivity contribution in [2.24, 2.45) is 0 Å². The minimum Gasteiger partial charge on any atom is -0.495 e.